The highest BCUT2D eigenvalue weighted by atomic mass is 35.5. The molecule has 0 radical (unpaired) electrons. The van der Waals surface area contributed by atoms with Crippen molar-refractivity contribution in [3.8, 4) is 0 Å². The minimum Gasteiger partial charge on any atom is -0.760 e. The van der Waals surface area contributed by atoms with E-state index in [1.807, 2.05) is 0 Å². The van der Waals surface area contributed by atoms with Crippen molar-refractivity contribution in [3.05, 3.63) is 0 Å². The van der Waals surface area contributed by atoms with E-state index in [4.69, 9.17) is 10.5 Å². The predicted octanol–water partition coefficient (Wildman–Crippen LogP) is -0.702. The van der Waals surface area contributed by atoms with E-state index in [1.165, 1.54) is 0 Å². The zero-order valence-corrected chi connectivity index (χ0v) is 8.73. The minimum atomic E-state index is -2.19. The molecule has 5 nitrogen and oxygen atoms in total. The van der Waals surface area contributed by atoms with Crippen LogP contribution in [0.2, 0.25) is 0 Å². The topological polar surface area (TPSA) is 87.4 Å². The average molecular weight is 230 g/mol. The predicted molar refractivity (Wildman–Crippen MR) is 51.1 cm³/mol. The van der Waals surface area contributed by atoms with Gasteiger partial charge in [-0.15, -0.1) is 12.4 Å². The Labute approximate surface area is 86.2 Å². The van der Waals surface area contributed by atoms with Gasteiger partial charge in [0.05, 0.1) is 12.7 Å². The minimum absolute atomic E-state index is 0. The first-order valence-corrected chi connectivity index (χ1v) is 4.96. The summed E-state index contributed by atoms with van der Waals surface area (Å²) in [6.45, 7) is 0.876. The highest BCUT2D eigenvalue weighted by molar-refractivity contribution is 7.77. The quantitative estimate of drug-likeness (QED) is 0.627. The van der Waals surface area contributed by atoms with Crippen LogP contribution < -0.4 is 10.5 Å². The zero-order valence-electron chi connectivity index (χ0n) is 7.10. The van der Waals surface area contributed by atoms with Crippen molar-refractivity contribution < 1.29 is 13.5 Å². The summed E-state index contributed by atoms with van der Waals surface area (Å²) in [4.78, 5) is 0. The second-order valence-corrected chi connectivity index (χ2v) is 3.63. The molecule has 3 N–H and O–H groups in total. The molecular formula is C6H14ClN2O3S-. The number of ether oxygens (including phenoxy) is 1. The van der Waals surface area contributed by atoms with Crippen molar-refractivity contribution in [2.75, 3.05) is 13.2 Å². The van der Waals surface area contributed by atoms with Crippen LogP contribution in [0.5, 0.6) is 0 Å². The van der Waals surface area contributed by atoms with Crippen LogP contribution in [0.3, 0.4) is 0 Å². The van der Waals surface area contributed by atoms with E-state index < -0.39 is 11.3 Å². The maximum absolute atomic E-state index is 10.1. The Morgan fingerprint density at radius 2 is 2.31 bits per heavy atom. The van der Waals surface area contributed by atoms with Crippen molar-refractivity contribution in [1.29, 1.82) is 0 Å². The number of hydrogen-bond acceptors (Lipinski definition) is 4. The lowest BCUT2D eigenvalue weighted by molar-refractivity contribution is 0.00918. The fourth-order valence-electron chi connectivity index (χ4n) is 1.15. The van der Waals surface area contributed by atoms with Crippen molar-refractivity contribution >= 4 is 23.7 Å². The van der Waals surface area contributed by atoms with Gasteiger partial charge in [-0.1, -0.05) is 0 Å². The molecule has 80 valence electrons. The molecule has 0 amide bonds. The molecule has 0 aromatic heterocycles. The molecule has 0 bridgehead atoms. The van der Waals surface area contributed by atoms with E-state index in [0.717, 1.165) is 12.8 Å². The second kappa shape index (κ2) is 6.69. The molecule has 1 aliphatic heterocycles. The Balaban J connectivity index is 0.00000144. The third-order valence-electron chi connectivity index (χ3n) is 1.83. The number of halogens is 1. The number of hydrogen-bond donors (Lipinski definition) is 2. The van der Waals surface area contributed by atoms with Gasteiger partial charge < -0.3 is 15.0 Å². The Morgan fingerprint density at radius 3 is 2.77 bits per heavy atom. The van der Waals surface area contributed by atoms with Crippen LogP contribution >= 0.6 is 12.4 Å². The van der Waals surface area contributed by atoms with E-state index in [1.54, 1.807) is 0 Å². The molecule has 0 aromatic carbocycles. The van der Waals surface area contributed by atoms with Gasteiger partial charge in [0.2, 0.25) is 0 Å². The maximum atomic E-state index is 10.1. The summed E-state index contributed by atoms with van der Waals surface area (Å²) in [5.41, 5.74) is 5.59. The highest BCUT2D eigenvalue weighted by Crippen LogP contribution is 2.10. The molecule has 3 atom stereocenters. The average Bonchev–Trinajstić information content (AvgIpc) is 2.03. The maximum Gasteiger partial charge on any atom is 0.0710 e. The van der Waals surface area contributed by atoms with Gasteiger partial charge in [-0.3, -0.25) is 4.21 Å². The fraction of sp³-hybridized carbons (Fsp3) is 1.00. The lowest BCUT2D eigenvalue weighted by Gasteiger charge is -2.27. The van der Waals surface area contributed by atoms with Gasteiger partial charge in [-0.25, -0.2) is 4.72 Å². The summed E-state index contributed by atoms with van der Waals surface area (Å²) in [6.07, 6.45) is 1.71. The SMILES string of the molecule is Cl.N[C@@H]1CC[C@@H](CNS(=O)[O-])OC1. The number of nitrogens with two attached hydrogens (primary N) is 1. The summed E-state index contributed by atoms with van der Waals surface area (Å²) in [7, 11) is 0. The molecule has 1 unspecified atom stereocenters. The first-order valence-electron chi connectivity index (χ1n) is 3.88. The number of nitrogens with one attached hydrogen (secondary N) is 1. The molecule has 0 spiro atoms. The summed E-state index contributed by atoms with van der Waals surface area (Å²) in [5.74, 6) is 0. The van der Waals surface area contributed by atoms with Crippen LogP contribution in [0.4, 0.5) is 0 Å². The van der Waals surface area contributed by atoms with E-state index in [-0.39, 0.29) is 24.6 Å². The van der Waals surface area contributed by atoms with Crippen LogP contribution in [0.1, 0.15) is 12.8 Å². The summed E-state index contributed by atoms with van der Waals surface area (Å²) >= 11 is -2.19. The lowest BCUT2D eigenvalue weighted by Crippen LogP contribution is -2.40. The van der Waals surface area contributed by atoms with Crippen molar-refractivity contribution in [3.63, 3.8) is 0 Å². The largest absolute Gasteiger partial charge is 0.760 e. The van der Waals surface area contributed by atoms with Gasteiger partial charge in [0.15, 0.2) is 0 Å². The Kier molecular flexibility index (Phi) is 6.84. The normalized spacial score (nSPS) is 30.6. The molecule has 1 saturated heterocycles. The van der Waals surface area contributed by atoms with Crippen molar-refractivity contribution in [2.45, 2.75) is 25.0 Å². The second-order valence-electron chi connectivity index (χ2n) is 2.88. The molecule has 13 heavy (non-hydrogen) atoms. The van der Waals surface area contributed by atoms with Crippen molar-refractivity contribution in [2.24, 2.45) is 5.73 Å². The first kappa shape index (κ1) is 13.3. The van der Waals surface area contributed by atoms with Gasteiger partial charge in [0, 0.05) is 23.9 Å². The third-order valence-corrected chi connectivity index (χ3v) is 2.24. The molecule has 0 aromatic rings. The van der Waals surface area contributed by atoms with Gasteiger partial charge in [-0.05, 0) is 12.8 Å². The van der Waals surface area contributed by atoms with Gasteiger partial charge in [0.1, 0.15) is 0 Å². The van der Waals surface area contributed by atoms with Crippen LogP contribution in [0.25, 0.3) is 0 Å². The lowest BCUT2D eigenvalue weighted by atomic mass is 10.1. The Hall–Kier alpha value is 0.280. The molecule has 1 heterocycles. The molecule has 1 fully saturated rings. The smallest absolute Gasteiger partial charge is 0.0710 e. The summed E-state index contributed by atoms with van der Waals surface area (Å²) < 4.78 is 27.8. The molecule has 1 rings (SSSR count). The third kappa shape index (κ3) is 5.56. The molecule has 0 aliphatic carbocycles. The summed E-state index contributed by atoms with van der Waals surface area (Å²) in [6, 6.07) is 0.110. The van der Waals surface area contributed by atoms with Crippen LogP contribution in [0.15, 0.2) is 0 Å². The Morgan fingerprint density at radius 1 is 1.62 bits per heavy atom. The van der Waals surface area contributed by atoms with Crippen LogP contribution in [0, 0.1) is 0 Å². The summed E-state index contributed by atoms with van der Waals surface area (Å²) in [5, 5.41) is 0. The van der Waals surface area contributed by atoms with Gasteiger partial charge in [0.25, 0.3) is 0 Å². The van der Waals surface area contributed by atoms with Crippen LogP contribution in [-0.4, -0.2) is 34.1 Å². The molecule has 7 heteroatoms. The van der Waals surface area contributed by atoms with E-state index >= 15 is 0 Å². The zero-order chi connectivity index (χ0) is 8.97. The van der Waals surface area contributed by atoms with Gasteiger partial charge >= 0.3 is 0 Å². The van der Waals surface area contributed by atoms with E-state index in [2.05, 4.69) is 4.72 Å². The molecular weight excluding hydrogens is 216 g/mol. The van der Waals surface area contributed by atoms with Crippen molar-refractivity contribution in [1.82, 2.24) is 4.72 Å². The van der Waals surface area contributed by atoms with E-state index in [0.29, 0.717) is 13.2 Å². The number of rotatable bonds is 3. The molecule has 0 saturated carbocycles. The Bertz CT molecular complexity index is 164. The monoisotopic (exact) mass is 229 g/mol. The molecule has 1 aliphatic rings. The van der Waals surface area contributed by atoms with Gasteiger partial charge in [-0.2, -0.15) is 0 Å². The van der Waals surface area contributed by atoms with E-state index in [9.17, 15) is 8.76 Å². The van der Waals surface area contributed by atoms with Crippen LogP contribution in [-0.2, 0) is 16.0 Å². The standard InChI is InChI=1S/C6H14N2O3S.ClH/c7-5-1-2-6(11-4-5)3-8-12(9)10;/h5-6,8H,1-4,7H2,(H,9,10);1H/p-1/t5-,6+;/m1./s1. The highest BCUT2D eigenvalue weighted by Gasteiger charge is 2.18. The first-order chi connectivity index (χ1) is 5.68. The fourth-order valence-corrected chi connectivity index (χ4v) is 1.47.